The van der Waals surface area contributed by atoms with Gasteiger partial charge in [0.05, 0.1) is 0 Å². The van der Waals surface area contributed by atoms with E-state index in [0.29, 0.717) is 0 Å². The Bertz CT molecular complexity index is 179. The average Bonchev–Trinajstić information content (AvgIpc) is 2.65. The topological polar surface area (TPSA) is 24.1 Å². The van der Waals surface area contributed by atoms with Crippen LogP contribution >= 0.6 is 0 Å². The summed E-state index contributed by atoms with van der Waals surface area (Å²) in [6, 6.07) is 1.65. The predicted molar refractivity (Wildman–Crippen MR) is 74.4 cm³/mol. The Morgan fingerprint density at radius 2 is 1.65 bits per heavy atom. The zero-order valence-corrected chi connectivity index (χ0v) is 11.3. The second-order valence-electron chi connectivity index (χ2n) is 5.93. The fourth-order valence-electron chi connectivity index (χ4n) is 3.31. The van der Waals surface area contributed by atoms with Crippen LogP contribution in [0.3, 0.4) is 0 Å². The van der Waals surface area contributed by atoms with Crippen molar-refractivity contribution < 1.29 is 0 Å². The van der Waals surface area contributed by atoms with Crippen LogP contribution in [0, 0.1) is 0 Å². The van der Waals surface area contributed by atoms with E-state index >= 15 is 0 Å². The van der Waals surface area contributed by atoms with Crippen molar-refractivity contribution in [2.45, 2.75) is 82.7 Å². The van der Waals surface area contributed by atoms with Crippen molar-refractivity contribution >= 4 is 0 Å². The summed E-state index contributed by atoms with van der Waals surface area (Å²) in [5.74, 6) is 0. The summed E-state index contributed by atoms with van der Waals surface area (Å²) in [4.78, 5) is 0. The van der Waals surface area contributed by atoms with E-state index in [9.17, 15) is 0 Å². The maximum absolute atomic E-state index is 3.77. The average molecular weight is 238 g/mol. The molecule has 100 valence electrons. The first-order valence-electron chi connectivity index (χ1n) is 7.92. The fraction of sp³-hybridized carbons (Fsp3) is 1.00. The molecule has 0 aromatic carbocycles. The Labute approximate surface area is 107 Å². The van der Waals surface area contributed by atoms with Gasteiger partial charge in [0, 0.05) is 12.1 Å². The molecule has 1 aliphatic heterocycles. The van der Waals surface area contributed by atoms with Crippen molar-refractivity contribution in [3.8, 4) is 0 Å². The molecule has 1 heterocycles. The maximum atomic E-state index is 3.77. The molecule has 2 N–H and O–H groups in total. The third kappa shape index (κ3) is 5.39. The number of hydrogen-bond acceptors (Lipinski definition) is 2. The molecule has 0 amide bonds. The SMILES string of the molecule is C1CCCC(NCCCC2CCCCN2)CC1. The minimum Gasteiger partial charge on any atom is -0.314 e. The van der Waals surface area contributed by atoms with Gasteiger partial charge in [-0.1, -0.05) is 32.1 Å². The van der Waals surface area contributed by atoms with Crippen LogP contribution in [0.4, 0.5) is 0 Å². The molecular formula is C15H30N2. The van der Waals surface area contributed by atoms with E-state index in [1.807, 2.05) is 0 Å². The number of hydrogen-bond donors (Lipinski definition) is 2. The molecule has 0 aromatic heterocycles. The molecule has 2 aliphatic rings. The van der Waals surface area contributed by atoms with Gasteiger partial charge in [-0.2, -0.15) is 0 Å². The van der Waals surface area contributed by atoms with Gasteiger partial charge in [0.15, 0.2) is 0 Å². The summed E-state index contributed by atoms with van der Waals surface area (Å²) in [5.41, 5.74) is 0. The Hall–Kier alpha value is -0.0800. The van der Waals surface area contributed by atoms with Crippen LogP contribution < -0.4 is 10.6 Å². The summed E-state index contributed by atoms with van der Waals surface area (Å²) < 4.78 is 0. The molecule has 1 saturated heterocycles. The van der Waals surface area contributed by atoms with Crippen LogP contribution in [0.1, 0.15) is 70.6 Å². The lowest BCUT2D eigenvalue weighted by atomic mass is 10.0. The lowest BCUT2D eigenvalue weighted by Crippen LogP contribution is -2.35. The molecule has 1 atom stereocenters. The molecule has 17 heavy (non-hydrogen) atoms. The molecule has 0 aromatic rings. The molecule has 0 spiro atoms. The van der Waals surface area contributed by atoms with E-state index in [1.165, 1.54) is 83.7 Å². The highest BCUT2D eigenvalue weighted by Gasteiger charge is 2.13. The van der Waals surface area contributed by atoms with Gasteiger partial charge >= 0.3 is 0 Å². The summed E-state index contributed by atoms with van der Waals surface area (Å²) >= 11 is 0. The Morgan fingerprint density at radius 3 is 2.35 bits per heavy atom. The van der Waals surface area contributed by atoms with Crippen LogP contribution in [0.15, 0.2) is 0 Å². The molecule has 0 radical (unpaired) electrons. The van der Waals surface area contributed by atoms with Gasteiger partial charge < -0.3 is 10.6 Å². The maximum Gasteiger partial charge on any atom is 0.00675 e. The Kier molecular flexibility index (Phi) is 6.36. The minimum atomic E-state index is 0.819. The van der Waals surface area contributed by atoms with Gasteiger partial charge in [-0.25, -0.2) is 0 Å². The minimum absolute atomic E-state index is 0.819. The normalized spacial score (nSPS) is 27.9. The molecule has 0 bridgehead atoms. The van der Waals surface area contributed by atoms with Crippen LogP contribution in [0.5, 0.6) is 0 Å². The van der Waals surface area contributed by atoms with E-state index in [1.54, 1.807) is 0 Å². The zero-order chi connectivity index (χ0) is 11.8. The summed E-state index contributed by atoms with van der Waals surface area (Å²) in [7, 11) is 0. The van der Waals surface area contributed by atoms with Crippen molar-refractivity contribution in [2.24, 2.45) is 0 Å². The van der Waals surface area contributed by atoms with E-state index < -0.39 is 0 Å². The first-order chi connectivity index (χ1) is 8.45. The van der Waals surface area contributed by atoms with Crippen LogP contribution in [0.2, 0.25) is 0 Å². The number of piperidine rings is 1. The first kappa shape index (κ1) is 13.4. The van der Waals surface area contributed by atoms with Crippen molar-refractivity contribution in [1.82, 2.24) is 10.6 Å². The lowest BCUT2D eigenvalue weighted by molar-refractivity contribution is 0.365. The van der Waals surface area contributed by atoms with Gasteiger partial charge in [-0.3, -0.25) is 0 Å². The fourth-order valence-corrected chi connectivity index (χ4v) is 3.31. The second-order valence-corrected chi connectivity index (χ2v) is 5.93. The number of nitrogens with one attached hydrogen (secondary N) is 2. The second kappa shape index (κ2) is 8.10. The predicted octanol–water partition coefficient (Wildman–Crippen LogP) is 3.22. The van der Waals surface area contributed by atoms with Crippen molar-refractivity contribution in [3.05, 3.63) is 0 Å². The highest BCUT2D eigenvalue weighted by Crippen LogP contribution is 2.17. The van der Waals surface area contributed by atoms with Crippen molar-refractivity contribution in [1.29, 1.82) is 0 Å². The standard InChI is InChI=1S/C15H30N2/c1-2-4-9-14(8-3-1)17-13-7-11-15-10-5-6-12-16-15/h14-17H,1-13H2. The van der Waals surface area contributed by atoms with E-state index in [2.05, 4.69) is 10.6 Å². The third-order valence-electron chi connectivity index (χ3n) is 4.43. The quantitative estimate of drug-likeness (QED) is 0.567. The Morgan fingerprint density at radius 1 is 0.882 bits per heavy atom. The monoisotopic (exact) mass is 238 g/mol. The molecule has 1 aliphatic carbocycles. The largest absolute Gasteiger partial charge is 0.314 e. The smallest absolute Gasteiger partial charge is 0.00675 e. The van der Waals surface area contributed by atoms with Gasteiger partial charge in [0.2, 0.25) is 0 Å². The van der Waals surface area contributed by atoms with E-state index in [4.69, 9.17) is 0 Å². The van der Waals surface area contributed by atoms with Crippen molar-refractivity contribution in [3.63, 3.8) is 0 Å². The van der Waals surface area contributed by atoms with E-state index in [-0.39, 0.29) is 0 Å². The first-order valence-corrected chi connectivity index (χ1v) is 7.92. The highest BCUT2D eigenvalue weighted by atomic mass is 14.9. The molecular weight excluding hydrogens is 208 g/mol. The van der Waals surface area contributed by atoms with Gasteiger partial charge in [0.25, 0.3) is 0 Å². The lowest BCUT2D eigenvalue weighted by Gasteiger charge is -2.24. The van der Waals surface area contributed by atoms with Crippen LogP contribution in [-0.2, 0) is 0 Å². The van der Waals surface area contributed by atoms with E-state index in [0.717, 1.165) is 12.1 Å². The van der Waals surface area contributed by atoms with Gasteiger partial charge in [-0.15, -0.1) is 0 Å². The van der Waals surface area contributed by atoms with Gasteiger partial charge in [0.1, 0.15) is 0 Å². The summed E-state index contributed by atoms with van der Waals surface area (Å²) in [5, 5.41) is 7.41. The zero-order valence-electron chi connectivity index (χ0n) is 11.3. The summed E-state index contributed by atoms with van der Waals surface area (Å²) in [6.45, 7) is 2.49. The van der Waals surface area contributed by atoms with Crippen LogP contribution in [-0.4, -0.2) is 25.2 Å². The van der Waals surface area contributed by atoms with Crippen LogP contribution in [0.25, 0.3) is 0 Å². The van der Waals surface area contributed by atoms with Crippen molar-refractivity contribution in [2.75, 3.05) is 13.1 Å². The van der Waals surface area contributed by atoms with Gasteiger partial charge in [-0.05, 0) is 51.6 Å². The molecule has 2 rings (SSSR count). The summed E-state index contributed by atoms with van der Waals surface area (Å²) in [6.07, 6.45) is 15.6. The number of rotatable bonds is 5. The molecule has 2 heteroatoms. The molecule has 1 unspecified atom stereocenters. The molecule has 2 fully saturated rings. The highest BCUT2D eigenvalue weighted by molar-refractivity contribution is 4.74. The molecule has 1 saturated carbocycles. The Balaban J connectivity index is 1.49. The molecule has 2 nitrogen and oxygen atoms in total. The third-order valence-corrected chi connectivity index (χ3v) is 4.43.